The van der Waals surface area contributed by atoms with Crippen LogP contribution in [0.1, 0.15) is 48.8 Å². The summed E-state index contributed by atoms with van der Waals surface area (Å²) in [7, 11) is 0. The van der Waals surface area contributed by atoms with Gasteiger partial charge in [-0.25, -0.2) is 0 Å². The van der Waals surface area contributed by atoms with E-state index >= 15 is 0 Å². The van der Waals surface area contributed by atoms with Crippen LogP contribution in [0.2, 0.25) is 0 Å². The molecule has 2 rings (SSSR count). The van der Waals surface area contributed by atoms with Gasteiger partial charge in [-0.1, -0.05) is 6.92 Å². The van der Waals surface area contributed by atoms with Crippen LogP contribution in [0.15, 0.2) is 4.47 Å². The number of rotatable bonds is 2. The minimum Gasteiger partial charge on any atom is -0.334 e. The van der Waals surface area contributed by atoms with Gasteiger partial charge in [-0.15, -0.1) is 0 Å². The molecule has 2 heterocycles. The van der Waals surface area contributed by atoms with Crippen LogP contribution in [0.5, 0.6) is 0 Å². The average molecular weight is 300 g/mol. The van der Waals surface area contributed by atoms with Crippen molar-refractivity contribution in [2.24, 2.45) is 0 Å². The summed E-state index contributed by atoms with van der Waals surface area (Å²) in [4.78, 5) is 14.4. The highest BCUT2D eigenvalue weighted by Gasteiger charge is 2.29. The summed E-state index contributed by atoms with van der Waals surface area (Å²) < 4.78 is 0.794. The number of amides is 1. The van der Waals surface area contributed by atoms with E-state index in [0.29, 0.717) is 11.7 Å². The smallest absolute Gasteiger partial charge is 0.275 e. The van der Waals surface area contributed by atoms with Gasteiger partial charge in [0.1, 0.15) is 0 Å². The first-order valence-corrected chi connectivity index (χ1v) is 6.95. The number of piperidine rings is 1. The number of aromatic amines is 1. The van der Waals surface area contributed by atoms with E-state index in [-0.39, 0.29) is 5.91 Å². The third-order valence-corrected chi connectivity index (χ3v) is 4.40. The van der Waals surface area contributed by atoms with Gasteiger partial charge >= 0.3 is 0 Å². The Hall–Kier alpha value is -0.840. The normalized spacial score (nSPS) is 20.6. The van der Waals surface area contributed by atoms with Crippen molar-refractivity contribution in [1.82, 2.24) is 15.1 Å². The molecule has 5 heteroatoms. The molecule has 1 aliphatic rings. The van der Waals surface area contributed by atoms with Crippen LogP contribution < -0.4 is 0 Å². The fourth-order valence-electron chi connectivity index (χ4n) is 2.39. The zero-order valence-corrected chi connectivity index (χ0v) is 11.9. The molecule has 1 fully saturated rings. The molecule has 1 aromatic rings. The SMILES string of the molecule is CC[C@H]1CCCCN1C(=O)c1n[nH]c(C)c1Br. The first kappa shape index (κ1) is 12.6. The van der Waals surface area contributed by atoms with Gasteiger partial charge in [0, 0.05) is 18.3 Å². The number of halogens is 1. The number of hydrogen-bond donors (Lipinski definition) is 1. The maximum absolute atomic E-state index is 12.4. The molecule has 0 aromatic carbocycles. The van der Waals surface area contributed by atoms with E-state index < -0.39 is 0 Å². The monoisotopic (exact) mass is 299 g/mol. The molecule has 4 nitrogen and oxygen atoms in total. The van der Waals surface area contributed by atoms with E-state index in [1.165, 1.54) is 6.42 Å². The number of likely N-dealkylation sites (tertiary alicyclic amines) is 1. The standard InChI is InChI=1S/C12H18BrN3O/c1-3-9-6-4-5-7-16(9)12(17)11-10(13)8(2)14-15-11/h9H,3-7H2,1-2H3,(H,14,15)/t9-/m0/s1. The van der Waals surface area contributed by atoms with Crippen molar-refractivity contribution in [3.8, 4) is 0 Å². The van der Waals surface area contributed by atoms with Gasteiger partial charge in [0.05, 0.1) is 4.47 Å². The molecule has 1 atom stereocenters. The van der Waals surface area contributed by atoms with Gasteiger partial charge in [-0.2, -0.15) is 5.10 Å². The molecule has 1 amide bonds. The molecular formula is C12H18BrN3O. The van der Waals surface area contributed by atoms with Crippen LogP contribution in [0.4, 0.5) is 0 Å². The fraction of sp³-hybridized carbons (Fsp3) is 0.667. The van der Waals surface area contributed by atoms with Crippen molar-refractivity contribution >= 4 is 21.8 Å². The first-order chi connectivity index (χ1) is 8.15. The van der Waals surface area contributed by atoms with Crippen LogP contribution >= 0.6 is 15.9 Å². The van der Waals surface area contributed by atoms with Gasteiger partial charge in [0.2, 0.25) is 0 Å². The Morgan fingerprint density at radius 1 is 1.59 bits per heavy atom. The number of carbonyl (C=O) groups is 1. The van der Waals surface area contributed by atoms with E-state index in [2.05, 4.69) is 33.1 Å². The molecule has 1 aliphatic heterocycles. The van der Waals surface area contributed by atoms with E-state index in [0.717, 1.165) is 36.0 Å². The fourth-order valence-corrected chi connectivity index (χ4v) is 2.73. The zero-order valence-electron chi connectivity index (χ0n) is 10.3. The minimum absolute atomic E-state index is 0.0489. The van der Waals surface area contributed by atoms with Crippen LogP contribution in [0.25, 0.3) is 0 Å². The topological polar surface area (TPSA) is 49.0 Å². The predicted octanol–water partition coefficient (Wildman–Crippen LogP) is 2.89. The lowest BCUT2D eigenvalue weighted by atomic mass is 9.99. The van der Waals surface area contributed by atoms with E-state index in [1.807, 2.05) is 11.8 Å². The minimum atomic E-state index is 0.0489. The molecule has 0 bridgehead atoms. The van der Waals surface area contributed by atoms with Crippen LogP contribution in [-0.4, -0.2) is 33.6 Å². The van der Waals surface area contributed by atoms with E-state index in [4.69, 9.17) is 0 Å². The first-order valence-electron chi connectivity index (χ1n) is 6.16. The molecule has 0 unspecified atom stereocenters. The van der Waals surface area contributed by atoms with Crippen LogP contribution in [-0.2, 0) is 0 Å². The number of nitrogens with one attached hydrogen (secondary N) is 1. The lowest BCUT2D eigenvalue weighted by molar-refractivity contribution is 0.0601. The highest BCUT2D eigenvalue weighted by molar-refractivity contribution is 9.10. The molecule has 0 spiro atoms. The van der Waals surface area contributed by atoms with Gasteiger partial charge in [-0.05, 0) is 48.5 Å². The Labute approximate surface area is 110 Å². The van der Waals surface area contributed by atoms with Gasteiger partial charge in [0.15, 0.2) is 5.69 Å². The van der Waals surface area contributed by atoms with Crippen molar-refractivity contribution in [2.75, 3.05) is 6.54 Å². The van der Waals surface area contributed by atoms with Crippen molar-refractivity contribution in [3.05, 3.63) is 15.9 Å². The maximum atomic E-state index is 12.4. The summed E-state index contributed by atoms with van der Waals surface area (Å²) in [6.45, 7) is 4.90. The maximum Gasteiger partial charge on any atom is 0.275 e. The average Bonchev–Trinajstić information content (AvgIpc) is 2.69. The van der Waals surface area contributed by atoms with Crippen molar-refractivity contribution < 1.29 is 4.79 Å². The molecule has 1 aromatic heterocycles. The van der Waals surface area contributed by atoms with Crippen molar-refractivity contribution in [1.29, 1.82) is 0 Å². The number of hydrogen-bond acceptors (Lipinski definition) is 2. The lowest BCUT2D eigenvalue weighted by Crippen LogP contribution is -2.43. The number of nitrogens with zero attached hydrogens (tertiary/aromatic N) is 2. The Bertz CT molecular complexity index is 416. The third kappa shape index (κ3) is 2.39. The molecule has 0 saturated carbocycles. The summed E-state index contributed by atoms with van der Waals surface area (Å²) in [5.41, 5.74) is 1.42. The molecular weight excluding hydrogens is 282 g/mol. The molecule has 17 heavy (non-hydrogen) atoms. The van der Waals surface area contributed by atoms with E-state index in [1.54, 1.807) is 0 Å². The molecule has 0 aliphatic carbocycles. The summed E-state index contributed by atoms with van der Waals surface area (Å²) in [6.07, 6.45) is 4.46. The molecule has 1 N–H and O–H groups in total. The highest BCUT2D eigenvalue weighted by atomic mass is 79.9. The Morgan fingerprint density at radius 3 is 2.94 bits per heavy atom. The Kier molecular flexibility index (Phi) is 3.86. The summed E-state index contributed by atoms with van der Waals surface area (Å²) in [5, 5.41) is 6.94. The lowest BCUT2D eigenvalue weighted by Gasteiger charge is -2.34. The quantitative estimate of drug-likeness (QED) is 0.913. The van der Waals surface area contributed by atoms with Crippen LogP contribution in [0.3, 0.4) is 0 Å². The largest absolute Gasteiger partial charge is 0.334 e. The van der Waals surface area contributed by atoms with Crippen LogP contribution in [0, 0.1) is 6.92 Å². The second-order valence-corrected chi connectivity index (χ2v) is 5.36. The molecule has 94 valence electrons. The number of aryl methyl sites for hydroxylation is 1. The summed E-state index contributed by atoms with van der Waals surface area (Å²) >= 11 is 3.42. The molecule has 1 saturated heterocycles. The van der Waals surface area contributed by atoms with Gasteiger partial charge in [-0.3, -0.25) is 9.89 Å². The van der Waals surface area contributed by atoms with Crippen molar-refractivity contribution in [3.63, 3.8) is 0 Å². The second kappa shape index (κ2) is 5.21. The molecule has 0 radical (unpaired) electrons. The second-order valence-electron chi connectivity index (χ2n) is 4.57. The Morgan fingerprint density at radius 2 is 2.35 bits per heavy atom. The van der Waals surface area contributed by atoms with E-state index in [9.17, 15) is 4.79 Å². The van der Waals surface area contributed by atoms with Crippen molar-refractivity contribution in [2.45, 2.75) is 45.6 Å². The Balaban J connectivity index is 2.21. The number of aromatic nitrogens is 2. The van der Waals surface area contributed by atoms with Gasteiger partial charge < -0.3 is 4.90 Å². The summed E-state index contributed by atoms with van der Waals surface area (Å²) in [5.74, 6) is 0.0489. The predicted molar refractivity (Wildman–Crippen MR) is 70.0 cm³/mol. The zero-order chi connectivity index (χ0) is 12.4. The highest BCUT2D eigenvalue weighted by Crippen LogP contribution is 2.25. The number of H-pyrrole nitrogens is 1. The number of carbonyl (C=O) groups excluding carboxylic acids is 1. The van der Waals surface area contributed by atoms with Gasteiger partial charge in [0.25, 0.3) is 5.91 Å². The third-order valence-electron chi connectivity index (χ3n) is 3.43. The summed E-state index contributed by atoms with van der Waals surface area (Å²) in [6, 6.07) is 0.375.